The molecule has 2 aromatic carbocycles. The first-order valence-electron chi connectivity index (χ1n) is 13.1. The number of carbonyl (C=O) groups excluding carboxylic acids is 1. The minimum absolute atomic E-state index is 0.144. The van der Waals surface area contributed by atoms with Crippen LogP contribution in [-0.2, 0) is 11.3 Å². The van der Waals surface area contributed by atoms with Crippen LogP contribution in [0.4, 0.5) is 0 Å². The average molecular weight is 509 g/mol. The van der Waals surface area contributed by atoms with E-state index in [0.717, 1.165) is 40.6 Å². The molecule has 3 aromatic heterocycles. The van der Waals surface area contributed by atoms with Gasteiger partial charge in [-0.1, -0.05) is 24.3 Å². The van der Waals surface area contributed by atoms with Gasteiger partial charge in [0.1, 0.15) is 11.7 Å². The topological polar surface area (TPSA) is 109 Å². The zero-order valence-electron chi connectivity index (χ0n) is 20.9. The van der Waals surface area contributed by atoms with E-state index in [1.807, 2.05) is 41.4 Å². The highest BCUT2D eigenvalue weighted by Crippen LogP contribution is 2.33. The number of carbonyl (C=O) groups is 1. The van der Waals surface area contributed by atoms with Gasteiger partial charge in [-0.05, 0) is 61.1 Å². The number of aromatic amines is 1. The number of H-pyrrole nitrogens is 1. The predicted molar refractivity (Wildman–Crippen MR) is 144 cm³/mol. The Balaban J connectivity index is 1.12. The molecule has 1 saturated carbocycles. The number of amides is 1. The number of aromatic nitrogens is 5. The number of nitrogens with one attached hydrogen (secondary N) is 1. The maximum absolute atomic E-state index is 13.3. The molecule has 2 aliphatic rings. The number of hydrogen-bond donors (Lipinski definition) is 2. The lowest BCUT2D eigenvalue weighted by Gasteiger charge is -2.38. The fourth-order valence-electron chi connectivity index (χ4n) is 5.58. The molecule has 0 bridgehead atoms. The molecule has 192 valence electrons. The highest BCUT2D eigenvalue weighted by atomic mass is 16.3. The van der Waals surface area contributed by atoms with Crippen molar-refractivity contribution in [1.29, 1.82) is 0 Å². The molecule has 0 unspecified atom stereocenters. The van der Waals surface area contributed by atoms with Crippen LogP contribution in [0.1, 0.15) is 25.7 Å². The zero-order valence-corrected chi connectivity index (χ0v) is 20.9. The lowest BCUT2D eigenvalue weighted by molar-refractivity contribution is -0.137. The van der Waals surface area contributed by atoms with Crippen LogP contribution in [0.3, 0.4) is 0 Å². The number of likely N-dealkylation sites (tertiary alicyclic amines) is 1. The maximum Gasteiger partial charge on any atom is 0.264 e. The van der Waals surface area contributed by atoms with Crippen molar-refractivity contribution in [2.24, 2.45) is 5.92 Å². The molecule has 1 aliphatic heterocycles. The molecule has 1 saturated heterocycles. The van der Waals surface area contributed by atoms with E-state index in [2.05, 4.69) is 33.3 Å². The minimum Gasteiger partial charge on any atom is -0.388 e. The quantitative estimate of drug-likeness (QED) is 0.378. The Labute approximate surface area is 218 Å². The highest BCUT2D eigenvalue weighted by Gasteiger charge is 2.39. The Bertz CT molecular complexity index is 1720. The third-order valence-electron chi connectivity index (χ3n) is 7.97. The van der Waals surface area contributed by atoms with Gasteiger partial charge in [-0.15, -0.1) is 0 Å². The largest absolute Gasteiger partial charge is 0.388 e. The normalized spacial score (nSPS) is 17.3. The molecule has 0 radical (unpaired) electrons. The fraction of sp³-hybridized carbons (Fsp3) is 0.310. The van der Waals surface area contributed by atoms with E-state index in [0.29, 0.717) is 37.0 Å². The summed E-state index contributed by atoms with van der Waals surface area (Å²) in [6, 6.07) is 16.3. The molecule has 0 spiro atoms. The summed E-state index contributed by atoms with van der Waals surface area (Å²) in [5.41, 5.74) is 3.32. The van der Waals surface area contributed by atoms with Crippen LogP contribution < -0.4 is 5.56 Å². The molecule has 7 rings (SSSR count). The Kier molecular flexibility index (Phi) is 5.23. The van der Waals surface area contributed by atoms with E-state index in [1.165, 1.54) is 17.1 Å². The SMILES string of the molecule is O=C(C1CC1)N1CCC(O)(Cn2cnc3c(cnn3-c3ccc(-c4cccc5[nH]ccc45)cc3)c2=O)CC1. The number of piperidine rings is 1. The van der Waals surface area contributed by atoms with Crippen molar-refractivity contribution in [2.75, 3.05) is 13.1 Å². The minimum atomic E-state index is -1.05. The average Bonchev–Trinajstić information content (AvgIpc) is 3.51. The summed E-state index contributed by atoms with van der Waals surface area (Å²) in [5, 5.41) is 17.2. The van der Waals surface area contributed by atoms with Crippen LogP contribution in [0.25, 0.3) is 38.8 Å². The first kappa shape index (κ1) is 22.9. The van der Waals surface area contributed by atoms with Gasteiger partial charge in [-0.2, -0.15) is 5.10 Å². The lowest BCUT2D eigenvalue weighted by Crippen LogP contribution is -2.50. The third-order valence-corrected chi connectivity index (χ3v) is 7.97. The van der Waals surface area contributed by atoms with E-state index in [1.54, 1.807) is 4.68 Å². The molecule has 38 heavy (non-hydrogen) atoms. The van der Waals surface area contributed by atoms with Crippen molar-refractivity contribution in [3.8, 4) is 16.8 Å². The van der Waals surface area contributed by atoms with Crippen LogP contribution in [0.15, 0.2) is 72.0 Å². The molecule has 5 aromatic rings. The molecule has 1 aliphatic carbocycles. The van der Waals surface area contributed by atoms with Gasteiger partial charge in [0.05, 0.1) is 24.0 Å². The molecule has 9 heteroatoms. The van der Waals surface area contributed by atoms with Crippen molar-refractivity contribution >= 4 is 27.8 Å². The molecule has 1 amide bonds. The molecular weight excluding hydrogens is 480 g/mol. The first-order valence-corrected chi connectivity index (χ1v) is 13.1. The summed E-state index contributed by atoms with van der Waals surface area (Å²) in [6.45, 7) is 1.18. The van der Waals surface area contributed by atoms with Crippen molar-refractivity contribution in [2.45, 2.75) is 37.8 Å². The van der Waals surface area contributed by atoms with Gasteiger partial charge in [-0.25, -0.2) is 9.67 Å². The standard InChI is InChI=1S/C29H28N6O3/c36-27(20-4-5-20)33-14-11-29(38,12-15-33)17-34-18-31-26-24(28(34)37)16-32-35(26)21-8-6-19(7-9-21)22-2-1-3-25-23(22)10-13-30-25/h1-3,6-10,13,16,18,20,30,38H,4-5,11-12,14-15,17H2. The summed E-state index contributed by atoms with van der Waals surface area (Å²) in [4.78, 5) is 35.3. The number of rotatable bonds is 5. The zero-order chi connectivity index (χ0) is 25.9. The fourth-order valence-corrected chi connectivity index (χ4v) is 5.58. The number of hydrogen-bond acceptors (Lipinski definition) is 5. The van der Waals surface area contributed by atoms with Gasteiger partial charge >= 0.3 is 0 Å². The Morgan fingerprint density at radius 2 is 1.84 bits per heavy atom. The van der Waals surface area contributed by atoms with E-state index < -0.39 is 5.60 Å². The van der Waals surface area contributed by atoms with E-state index >= 15 is 0 Å². The second-order valence-corrected chi connectivity index (χ2v) is 10.6. The van der Waals surface area contributed by atoms with Gasteiger partial charge in [0.2, 0.25) is 5.91 Å². The second kappa shape index (κ2) is 8.66. The number of fused-ring (bicyclic) bond motifs is 2. The van der Waals surface area contributed by atoms with Crippen molar-refractivity contribution < 1.29 is 9.90 Å². The third kappa shape index (κ3) is 3.90. The van der Waals surface area contributed by atoms with Crippen LogP contribution in [0.2, 0.25) is 0 Å². The van der Waals surface area contributed by atoms with E-state index in [-0.39, 0.29) is 23.9 Å². The molecule has 2 fully saturated rings. The number of nitrogens with zero attached hydrogens (tertiary/aromatic N) is 5. The van der Waals surface area contributed by atoms with Gasteiger partial charge < -0.3 is 15.0 Å². The summed E-state index contributed by atoms with van der Waals surface area (Å²) in [6.07, 6.45) is 7.80. The molecule has 4 heterocycles. The Morgan fingerprint density at radius 3 is 2.61 bits per heavy atom. The molecule has 2 N–H and O–H groups in total. The summed E-state index contributed by atoms with van der Waals surface area (Å²) in [5.74, 6) is 0.380. The number of benzene rings is 2. The van der Waals surface area contributed by atoms with Gasteiger partial charge in [0, 0.05) is 36.1 Å². The van der Waals surface area contributed by atoms with E-state index in [9.17, 15) is 14.7 Å². The van der Waals surface area contributed by atoms with E-state index in [4.69, 9.17) is 0 Å². The Hall–Kier alpha value is -4.24. The molecule has 9 nitrogen and oxygen atoms in total. The molecular formula is C29H28N6O3. The lowest BCUT2D eigenvalue weighted by atomic mass is 9.91. The summed E-state index contributed by atoms with van der Waals surface area (Å²) < 4.78 is 3.13. The second-order valence-electron chi connectivity index (χ2n) is 10.6. The maximum atomic E-state index is 13.3. The summed E-state index contributed by atoms with van der Waals surface area (Å²) in [7, 11) is 0. The van der Waals surface area contributed by atoms with Crippen molar-refractivity contribution in [3.05, 3.63) is 77.6 Å². The first-order chi connectivity index (χ1) is 18.5. The van der Waals surface area contributed by atoms with Crippen molar-refractivity contribution in [3.63, 3.8) is 0 Å². The molecule has 0 atom stereocenters. The monoisotopic (exact) mass is 508 g/mol. The Morgan fingerprint density at radius 1 is 1.05 bits per heavy atom. The predicted octanol–water partition coefficient (Wildman–Crippen LogP) is 3.49. The summed E-state index contributed by atoms with van der Waals surface area (Å²) >= 11 is 0. The van der Waals surface area contributed by atoms with Crippen LogP contribution in [0, 0.1) is 5.92 Å². The van der Waals surface area contributed by atoms with Crippen LogP contribution in [-0.4, -0.2) is 58.9 Å². The van der Waals surface area contributed by atoms with Gasteiger partial charge in [0.15, 0.2) is 5.65 Å². The number of aliphatic hydroxyl groups is 1. The van der Waals surface area contributed by atoms with Gasteiger partial charge in [0.25, 0.3) is 5.56 Å². The van der Waals surface area contributed by atoms with Crippen LogP contribution >= 0.6 is 0 Å². The van der Waals surface area contributed by atoms with Gasteiger partial charge in [-0.3, -0.25) is 14.2 Å². The van der Waals surface area contributed by atoms with Crippen molar-refractivity contribution in [1.82, 2.24) is 29.2 Å². The van der Waals surface area contributed by atoms with Crippen LogP contribution in [0.5, 0.6) is 0 Å². The highest BCUT2D eigenvalue weighted by molar-refractivity contribution is 5.95. The smallest absolute Gasteiger partial charge is 0.264 e.